The van der Waals surface area contributed by atoms with Crippen molar-refractivity contribution in [3.8, 4) is 0 Å². The van der Waals surface area contributed by atoms with Crippen LogP contribution in [0.5, 0.6) is 0 Å². The van der Waals surface area contributed by atoms with Gasteiger partial charge in [0.25, 0.3) is 0 Å². The van der Waals surface area contributed by atoms with E-state index in [1.165, 1.54) is 0 Å². The number of hydrogen-bond donors (Lipinski definition) is 16. The van der Waals surface area contributed by atoms with E-state index < -0.39 is 274 Å². The molecule has 0 aliphatic heterocycles. The third kappa shape index (κ3) is 29.1. The van der Waals surface area contributed by atoms with Gasteiger partial charge in [-0.15, -0.1) is 0 Å². The van der Waals surface area contributed by atoms with Crippen LogP contribution < -0.4 is 27.0 Å². The molecule has 0 fully saturated rings. The quantitative estimate of drug-likeness (QED) is 0.0271. The van der Waals surface area contributed by atoms with Gasteiger partial charge >= 0.3 is 65.7 Å². The SMILES string of the molecule is N[C@@H](CC(=O)O)C(=O)C[C@@H](CC(=O)O)C(=O)N[C@@H](CC(=O)O)C(=O)C[C@@H](CC(=O)O)C(=O)N[C@@H](CC(=O)O)C(=O)C[C@@H](CC(=O)O)C(=O)N[C@@H](CC(=O)O)C(=O)C[C@@H](CC(=O)O)C(=O)N[C@@H](CC(=O)O)C(=O)C[C@@H](CC(=O)O)C(=O)O. The summed E-state index contributed by atoms with van der Waals surface area (Å²) in [6.07, 6.45) is -19.4. The minimum Gasteiger partial charge on any atom is -0.481 e. The molecule has 0 aromatic carbocycles. The fraction of sp³-hybridized carbons (Fsp3) is 0.556. The molecular formula is C45H57N5O31. The number of hydrogen-bond acceptors (Lipinski definition) is 21. The van der Waals surface area contributed by atoms with Gasteiger partial charge in [-0.1, -0.05) is 0 Å². The van der Waals surface area contributed by atoms with Crippen LogP contribution in [0, 0.1) is 29.6 Å². The van der Waals surface area contributed by atoms with Crippen molar-refractivity contribution in [1.29, 1.82) is 0 Å². The number of carboxylic acid groups (broad SMARTS) is 11. The van der Waals surface area contributed by atoms with Crippen molar-refractivity contribution < 1.29 is 152 Å². The lowest BCUT2D eigenvalue weighted by Crippen LogP contribution is -2.50. The second-order valence-corrected chi connectivity index (χ2v) is 18.0. The van der Waals surface area contributed by atoms with Gasteiger partial charge in [0.15, 0.2) is 28.9 Å². The molecule has 36 heteroatoms. The zero-order valence-electron chi connectivity index (χ0n) is 42.0. The smallest absolute Gasteiger partial charge is 0.307 e. The van der Waals surface area contributed by atoms with Crippen LogP contribution in [0.4, 0.5) is 0 Å². The highest BCUT2D eigenvalue weighted by atomic mass is 16.4. The summed E-state index contributed by atoms with van der Waals surface area (Å²) in [7, 11) is 0. The minimum absolute atomic E-state index is 0.966. The van der Waals surface area contributed by atoms with E-state index in [0.717, 1.165) is 0 Å². The van der Waals surface area contributed by atoms with Gasteiger partial charge in [0.1, 0.15) is 0 Å². The molecule has 0 unspecified atom stereocenters. The molecule has 0 saturated heterocycles. The lowest BCUT2D eigenvalue weighted by atomic mass is 9.89. The van der Waals surface area contributed by atoms with Crippen LogP contribution in [0.2, 0.25) is 0 Å². The van der Waals surface area contributed by atoms with E-state index in [0.29, 0.717) is 0 Å². The van der Waals surface area contributed by atoms with Crippen LogP contribution in [-0.2, 0) is 95.9 Å². The summed E-state index contributed by atoms with van der Waals surface area (Å²) < 4.78 is 0. The molecule has 0 bridgehead atoms. The standard InChI is InChI=1S/C45H57N5O31/c46-21(11-36(66)67)26(51)1-16(6-31(56)57)41(76)47-22(12-37(68)69)27(52)2-17(7-32(58)59)42(77)48-23(13-38(70)71)28(53)3-18(8-33(60)61)43(78)49-24(14-39(72)73)29(54)4-19(9-34(62)63)44(79)50-25(15-40(74)75)30(55)5-20(45(80)81)10-35(64)65/h16-25H,1-15,46H2,(H,47,76)(H,48,77)(H,49,78)(H,50,79)(H,56,57)(H,58,59)(H,60,61)(H,62,63)(H,64,65)(H,66,67)(H,68,69)(H,70,71)(H,72,73)(H,74,75)(H,80,81)/t16-,17-,18-,19-,20-,21-,22-,23-,24-,25-/m0/s1. The first-order valence-electron chi connectivity index (χ1n) is 23.3. The van der Waals surface area contributed by atoms with E-state index >= 15 is 0 Å². The van der Waals surface area contributed by atoms with Gasteiger partial charge in [0, 0.05) is 32.1 Å². The van der Waals surface area contributed by atoms with Crippen LogP contribution in [0.15, 0.2) is 0 Å². The van der Waals surface area contributed by atoms with E-state index in [1.54, 1.807) is 10.6 Å². The number of ketones is 5. The molecule has 36 nitrogen and oxygen atoms in total. The van der Waals surface area contributed by atoms with Crippen molar-refractivity contribution in [3.05, 3.63) is 0 Å². The molecule has 0 rings (SSSR count). The van der Waals surface area contributed by atoms with Gasteiger partial charge in [-0.3, -0.25) is 95.9 Å². The second-order valence-electron chi connectivity index (χ2n) is 18.0. The summed E-state index contributed by atoms with van der Waals surface area (Å²) in [5.41, 5.74) is 5.48. The maximum absolute atomic E-state index is 13.7. The topological polar surface area (TPSA) is 638 Å². The maximum atomic E-state index is 13.7. The van der Waals surface area contributed by atoms with E-state index in [4.69, 9.17) is 15.9 Å². The Hall–Kier alpha value is -9.64. The Balaban J connectivity index is 6.87. The third-order valence-electron chi connectivity index (χ3n) is 11.3. The molecule has 10 atom stereocenters. The summed E-state index contributed by atoms with van der Waals surface area (Å²) in [6.45, 7) is 0. The molecule has 0 heterocycles. The number of amides is 4. The van der Waals surface area contributed by atoms with Crippen molar-refractivity contribution in [2.24, 2.45) is 35.3 Å². The van der Waals surface area contributed by atoms with Gasteiger partial charge in [0.2, 0.25) is 23.6 Å². The summed E-state index contributed by atoms with van der Waals surface area (Å²) in [6, 6.07) is -10.9. The molecule has 0 aromatic rings. The number of carbonyl (C=O) groups is 20. The predicted octanol–water partition coefficient (Wildman–Crippen LogP) is -5.04. The average molecular weight is 1160 g/mol. The Morgan fingerprint density at radius 2 is 0.407 bits per heavy atom. The molecule has 0 spiro atoms. The number of nitrogens with two attached hydrogens (primary N) is 1. The lowest BCUT2D eigenvalue weighted by Gasteiger charge is -2.25. The van der Waals surface area contributed by atoms with Gasteiger partial charge in [0.05, 0.1) is 124 Å². The Morgan fingerprint density at radius 1 is 0.235 bits per heavy atom. The maximum Gasteiger partial charge on any atom is 0.307 e. The summed E-state index contributed by atoms with van der Waals surface area (Å²) in [4.78, 5) is 248. The normalized spacial score (nSPS) is 14.5. The highest BCUT2D eigenvalue weighted by Crippen LogP contribution is 2.21. The minimum atomic E-state index is -2.38. The Labute approximate surface area is 452 Å². The number of Topliss-reactive ketones (excluding diaryl/α,β-unsaturated/α-hetero) is 5. The van der Waals surface area contributed by atoms with E-state index in [-0.39, 0.29) is 0 Å². The molecule has 0 aromatic heterocycles. The van der Waals surface area contributed by atoms with Crippen molar-refractivity contribution in [2.75, 3.05) is 0 Å². The van der Waals surface area contributed by atoms with Crippen molar-refractivity contribution in [3.63, 3.8) is 0 Å². The number of rotatable bonds is 44. The molecular weight excluding hydrogens is 1110 g/mol. The van der Waals surface area contributed by atoms with E-state index in [1.807, 2.05) is 10.6 Å². The first kappa shape index (κ1) is 71.4. The second kappa shape index (κ2) is 34.3. The fourth-order valence-electron chi connectivity index (χ4n) is 7.41. The Kier molecular flexibility index (Phi) is 30.2. The van der Waals surface area contributed by atoms with Crippen LogP contribution in [-0.4, -0.2) is 205 Å². The summed E-state index contributed by atoms with van der Waals surface area (Å²) in [5, 5.41) is 110. The van der Waals surface area contributed by atoms with Crippen LogP contribution in [0.25, 0.3) is 0 Å². The summed E-state index contributed by atoms with van der Waals surface area (Å²) in [5.74, 6) is -44.0. The van der Waals surface area contributed by atoms with E-state index in [2.05, 4.69) is 0 Å². The van der Waals surface area contributed by atoms with E-state index in [9.17, 15) is 142 Å². The van der Waals surface area contributed by atoms with Crippen LogP contribution in [0.1, 0.15) is 96.3 Å². The average Bonchev–Trinajstić information content (AvgIpc) is 3.30. The van der Waals surface area contributed by atoms with Crippen LogP contribution in [0.3, 0.4) is 0 Å². The number of carbonyl (C=O) groups excluding carboxylic acids is 9. The molecule has 81 heavy (non-hydrogen) atoms. The zero-order valence-corrected chi connectivity index (χ0v) is 42.0. The number of aliphatic carboxylic acids is 11. The zero-order chi connectivity index (χ0) is 62.8. The van der Waals surface area contributed by atoms with Gasteiger partial charge in [-0.2, -0.15) is 0 Å². The summed E-state index contributed by atoms with van der Waals surface area (Å²) >= 11 is 0. The fourth-order valence-corrected chi connectivity index (χ4v) is 7.41. The monoisotopic (exact) mass is 1160 g/mol. The Morgan fingerprint density at radius 3 is 0.593 bits per heavy atom. The van der Waals surface area contributed by atoms with Gasteiger partial charge < -0.3 is 83.2 Å². The van der Waals surface area contributed by atoms with Crippen molar-refractivity contribution >= 4 is 118 Å². The molecule has 4 amide bonds. The lowest BCUT2D eigenvalue weighted by molar-refractivity contribution is -0.150. The molecule has 0 saturated carbocycles. The van der Waals surface area contributed by atoms with Crippen LogP contribution >= 0.6 is 0 Å². The first-order chi connectivity index (χ1) is 37.3. The van der Waals surface area contributed by atoms with Gasteiger partial charge in [-0.05, 0) is 0 Å². The predicted molar refractivity (Wildman–Crippen MR) is 251 cm³/mol. The molecule has 0 radical (unpaired) electrons. The molecule has 448 valence electrons. The Bertz CT molecular complexity index is 2520. The number of carboxylic acids is 11. The molecule has 17 N–H and O–H groups in total. The highest BCUT2D eigenvalue weighted by molar-refractivity contribution is 6.02. The molecule has 0 aliphatic rings. The first-order valence-corrected chi connectivity index (χ1v) is 23.3. The number of nitrogens with one attached hydrogen (secondary N) is 4. The van der Waals surface area contributed by atoms with Gasteiger partial charge in [-0.25, -0.2) is 0 Å². The van der Waals surface area contributed by atoms with Crippen molar-refractivity contribution in [1.82, 2.24) is 21.3 Å². The molecule has 0 aliphatic carbocycles. The largest absolute Gasteiger partial charge is 0.481 e. The third-order valence-corrected chi connectivity index (χ3v) is 11.3. The van der Waals surface area contributed by atoms with Crippen molar-refractivity contribution in [2.45, 2.75) is 127 Å². The highest BCUT2D eigenvalue weighted by Gasteiger charge is 2.39.